The molecule has 0 aliphatic heterocycles. The molecule has 3 N–H and O–H groups in total. The Labute approximate surface area is 172 Å². The van der Waals surface area contributed by atoms with Crippen LogP contribution in [0.1, 0.15) is 44.1 Å². The SMILES string of the molecule is CN=C(NCCC(=O)NC1CCCCC1)NCc1ccccc1Cl.I. The van der Waals surface area contributed by atoms with E-state index in [1.165, 1.54) is 19.3 Å². The molecule has 0 heterocycles. The Bertz CT molecular complexity index is 562. The highest BCUT2D eigenvalue weighted by molar-refractivity contribution is 14.0. The van der Waals surface area contributed by atoms with Gasteiger partial charge in [-0.15, -0.1) is 24.0 Å². The number of guanidine groups is 1. The van der Waals surface area contributed by atoms with Crippen molar-refractivity contribution >= 4 is 47.4 Å². The second kappa shape index (κ2) is 12.4. The molecule has 7 heteroatoms. The molecule has 0 spiro atoms. The normalized spacial score (nSPS) is 15.2. The Morgan fingerprint density at radius 2 is 1.92 bits per heavy atom. The smallest absolute Gasteiger partial charge is 0.221 e. The van der Waals surface area contributed by atoms with Crippen molar-refractivity contribution in [2.24, 2.45) is 4.99 Å². The lowest BCUT2D eigenvalue weighted by atomic mass is 9.95. The molecule has 0 aromatic heterocycles. The third-order valence-corrected chi connectivity index (χ3v) is 4.61. The summed E-state index contributed by atoms with van der Waals surface area (Å²) in [7, 11) is 1.71. The van der Waals surface area contributed by atoms with E-state index in [2.05, 4.69) is 20.9 Å². The number of carbonyl (C=O) groups is 1. The fourth-order valence-corrected chi connectivity index (χ4v) is 3.09. The summed E-state index contributed by atoms with van der Waals surface area (Å²) in [6.45, 7) is 1.15. The summed E-state index contributed by atoms with van der Waals surface area (Å²) in [5, 5.41) is 10.2. The van der Waals surface area contributed by atoms with Crippen molar-refractivity contribution in [3.8, 4) is 0 Å². The maximum atomic E-state index is 12.0. The average Bonchev–Trinajstić information content (AvgIpc) is 2.60. The van der Waals surface area contributed by atoms with Gasteiger partial charge >= 0.3 is 0 Å². The van der Waals surface area contributed by atoms with Gasteiger partial charge in [-0.05, 0) is 24.5 Å². The largest absolute Gasteiger partial charge is 0.356 e. The van der Waals surface area contributed by atoms with Gasteiger partial charge in [-0.3, -0.25) is 9.79 Å². The van der Waals surface area contributed by atoms with Crippen LogP contribution in [0.5, 0.6) is 0 Å². The molecule has 1 saturated carbocycles. The predicted molar refractivity (Wildman–Crippen MR) is 115 cm³/mol. The highest BCUT2D eigenvalue weighted by Gasteiger charge is 2.15. The summed E-state index contributed by atoms with van der Waals surface area (Å²) in [5.41, 5.74) is 1.01. The Morgan fingerprint density at radius 1 is 1.20 bits per heavy atom. The lowest BCUT2D eigenvalue weighted by molar-refractivity contribution is -0.121. The van der Waals surface area contributed by atoms with Gasteiger partial charge < -0.3 is 16.0 Å². The summed E-state index contributed by atoms with van der Waals surface area (Å²) < 4.78 is 0. The average molecular weight is 479 g/mol. The zero-order valence-corrected chi connectivity index (χ0v) is 17.8. The van der Waals surface area contributed by atoms with E-state index in [-0.39, 0.29) is 29.9 Å². The van der Waals surface area contributed by atoms with Crippen LogP contribution in [0.25, 0.3) is 0 Å². The van der Waals surface area contributed by atoms with Gasteiger partial charge in [-0.25, -0.2) is 0 Å². The Balaban J connectivity index is 0.00000312. The third-order valence-electron chi connectivity index (χ3n) is 4.24. The second-order valence-electron chi connectivity index (χ2n) is 6.10. The van der Waals surface area contributed by atoms with E-state index < -0.39 is 0 Å². The summed E-state index contributed by atoms with van der Waals surface area (Å²) in [4.78, 5) is 16.1. The fourth-order valence-electron chi connectivity index (χ4n) is 2.88. The van der Waals surface area contributed by atoms with E-state index in [4.69, 9.17) is 11.6 Å². The minimum Gasteiger partial charge on any atom is -0.356 e. The van der Waals surface area contributed by atoms with Crippen molar-refractivity contribution in [3.63, 3.8) is 0 Å². The fraction of sp³-hybridized carbons (Fsp3) is 0.556. The van der Waals surface area contributed by atoms with Crippen LogP contribution in [-0.4, -0.2) is 31.5 Å². The number of rotatable bonds is 6. The maximum Gasteiger partial charge on any atom is 0.221 e. The quantitative estimate of drug-likeness (QED) is 0.333. The molecule has 1 aromatic rings. The molecular weight excluding hydrogens is 451 g/mol. The number of nitrogens with one attached hydrogen (secondary N) is 3. The van der Waals surface area contributed by atoms with E-state index in [1.807, 2.05) is 24.3 Å². The Kier molecular flexibility index (Phi) is 10.9. The van der Waals surface area contributed by atoms with E-state index in [0.717, 1.165) is 23.4 Å². The van der Waals surface area contributed by atoms with Crippen LogP contribution in [0.15, 0.2) is 29.3 Å². The van der Waals surface area contributed by atoms with Crippen LogP contribution in [0, 0.1) is 0 Å². The first-order valence-corrected chi connectivity index (χ1v) is 9.04. The maximum absolute atomic E-state index is 12.0. The summed E-state index contributed by atoms with van der Waals surface area (Å²) in [6, 6.07) is 8.06. The number of aliphatic imine (C=N–C) groups is 1. The molecule has 5 nitrogen and oxygen atoms in total. The van der Waals surface area contributed by atoms with Crippen LogP contribution in [-0.2, 0) is 11.3 Å². The number of amides is 1. The topological polar surface area (TPSA) is 65.5 Å². The summed E-state index contributed by atoms with van der Waals surface area (Å²) in [6.07, 6.45) is 6.41. The first-order chi connectivity index (χ1) is 11.7. The minimum absolute atomic E-state index is 0. The monoisotopic (exact) mass is 478 g/mol. The van der Waals surface area contributed by atoms with Crippen LogP contribution in [0.3, 0.4) is 0 Å². The minimum atomic E-state index is 0. The molecule has 0 atom stereocenters. The van der Waals surface area contributed by atoms with Crippen molar-refractivity contribution in [1.29, 1.82) is 0 Å². The molecule has 1 aliphatic rings. The van der Waals surface area contributed by atoms with Crippen molar-refractivity contribution in [2.75, 3.05) is 13.6 Å². The van der Waals surface area contributed by atoms with Gasteiger partial charge in [0.2, 0.25) is 5.91 Å². The van der Waals surface area contributed by atoms with E-state index in [0.29, 0.717) is 31.5 Å². The molecule has 0 unspecified atom stereocenters. The zero-order chi connectivity index (χ0) is 17.2. The third kappa shape index (κ3) is 8.27. The number of hydrogen-bond acceptors (Lipinski definition) is 2. The van der Waals surface area contributed by atoms with Crippen molar-refractivity contribution in [2.45, 2.75) is 51.1 Å². The number of hydrogen-bond donors (Lipinski definition) is 3. The van der Waals surface area contributed by atoms with Crippen LogP contribution >= 0.6 is 35.6 Å². The van der Waals surface area contributed by atoms with Gasteiger partial charge in [0.25, 0.3) is 0 Å². The molecule has 0 bridgehead atoms. The second-order valence-corrected chi connectivity index (χ2v) is 6.50. The van der Waals surface area contributed by atoms with Crippen LogP contribution < -0.4 is 16.0 Å². The van der Waals surface area contributed by atoms with Gasteiger partial charge in [0.15, 0.2) is 5.96 Å². The zero-order valence-electron chi connectivity index (χ0n) is 14.7. The molecule has 0 saturated heterocycles. The molecule has 0 radical (unpaired) electrons. The van der Waals surface area contributed by atoms with E-state index in [9.17, 15) is 4.79 Å². The van der Waals surface area contributed by atoms with Crippen molar-refractivity contribution in [3.05, 3.63) is 34.9 Å². The van der Waals surface area contributed by atoms with Crippen molar-refractivity contribution in [1.82, 2.24) is 16.0 Å². The Morgan fingerprint density at radius 3 is 2.60 bits per heavy atom. The number of nitrogens with zero attached hydrogens (tertiary/aromatic N) is 1. The predicted octanol–water partition coefficient (Wildman–Crippen LogP) is 3.46. The van der Waals surface area contributed by atoms with E-state index >= 15 is 0 Å². The molecular formula is C18H28ClIN4O. The molecule has 1 aliphatic carbocycles. The van der Waals surface area contributed by atoms with Gasteiger partial charge in [-0.1, -0.05) is 49.1 Å². The first kappa shape index (κ1) is 22.0. The number of benzene rings is 1. The van der Waals surface area contributed by atoms with Crippen molar-refractivity contribution < 1.29 is 4.79 Å². The lowest BCUT2D eigenvalue weighted by Gasteiger charge is -2.22. The molecule has 1 aromatic carbocycles. The summed E-state index contributed by atoms with van der Waals surface area (Å²) in [5.74, 6) is 0.774. The van der Waals surface area contributed by atoms with Gasteiger partial charge in [0.05, 0.1) is 0 Å². The van der Waals surface area contributed by atoms with Crippen LogP contribution in [0.2, 0.25) is 5.02 Å². The molecule has 25 heavy (non-hydrogen) atoms. The standard InChI is InChI=1S/C18H27ClN4O.HI/c1-20-18(22-13-14-7-5-6-10-16(14)19)21-12-11-17(24)23-15-8-3-2-4-9-15;/h5-7,10,15H,2-4,8-9,11-13H2,1H3,(H,23,24)(H2,20,21,22);1H. The highest BCUT2D eigenvalue weighted by Crippen LogP contribution is 2.17. The Hall–Kier alpha value is -1.02. The molecule has 1 amide bonds. The van der Waals surface area contributed by atoms with Gasteiger partial charge in [-0.2, -0.15) is 0 Å². The number of halogens is 2. The first-order valence-electron chi connectivity index (χ1n) is 8.66. The lowest BCUT2D eigenvalue weighted by Crippen LogP contribution is -2.41. The van der Waals surface area contributed by atoms with Gasteiger partial charge in [0.1, 0.15) is 0 Å². The summed E-state index contributed by atoms with van der Waals surface area (Å²) >= 11 is 6.14. The molecule has 140 valence electrons. The number of carbonyl (C=O) groups excluding carboxylic acids is 1. The highest BCUT2D eigenvalue weighted by atomic mass is 127. The molecule has 1 fully saturated rings. The van der Waals surface area contributed by atoms with Gasteiger partial charge in [0, 0.05) is 37.6 Å². The van der Waals surface area contributed by atoms with Crippen LogP contribution in [0.4, 0.5) is 0 Å². The molecule has 2 rings (SSSR count). The van der Waals surface area contributed by atoms with E-state index in [1.54, 1.807) is 7.05 Å².